The van der Waals surface area contributed by atoms with Gasteiger partial charge in [0.15, 0.2) is 0 Å². The fourth-order valence-corrected chi connectivity index (χ4v) is 4.80. The number of benzene rings is 1. The van der Waals surface area contributed by atoms with Crippen molar-refractivity contribution in [1.82, 2.24) is 10.2 Å². The third-order valence-electron chi connectivity index (χ3n) is 5.16. The molecule has 1 N–H and O–H groups in total. The second-order valence-electron chi connectivity index (χ2n) is 7.41. The van der Waals surface area contributed by atoms with Gasteiger partial charge in [0.25, 0.3) is 5.91 Å². The number of carbonyl (C=O) groups is 2. The molecule has 3 heterocycles. The molecule has 2 aromatic rings. The Kier molecular flexibility index (Phi) is 5.31. The standard InChI is InChI=1S/C20H22ClN3O3S/c1-12-9-23(2)10-13-3-4-14(7-16(12)13)24-11-15(27-20(24)26)8-22-19(25)17-5-6-18(21)28-17/h3-7,12,15H,8-11H2,1-2H3,(H,22,25). The van der Waals surface area contributed by atoms with E-state index in [1.165, 1.54) is 22.5 Å². The van der Waals surface area contributed by atoms with Crippen molar-refractivity contribution < 1.29 is 14.3 Å². The molecule has 2 aliphatic rings. The molecular formula is C20H22ClN3O3S. The van der Waals surface area contributed by atoms with Gasteiger partial charge in [0.05, 0.1) is 22.3 Å². The molecule has 148 valence electrons. The number of cyclic esters (lactones) is 1. The van der Waals surface area contributed by atoms with Gasteiger partial charge in [-0.05, 0) is 48.4 Å². The van der Waals surface area contributed by atoms with E-state index >= 15 is 0 Å². The Morgan fingerprint density at radius 1 is 1.32 bits per heavy atom. The normalized spacial score (nSPS) is 22.1. The predicted molar refractivity (Wildman–Crippen MR) is 110 cm³/mol. The van der Waals surface area contributed by atoms with Gasteiger partial charge in [-0.2, -0.15) is 0 Å². The number of thiophene rings is 1. The Hall–Kier alpha value is -2.09. The molecule has 8 heteroatoms. The summed E-state index contributed by atoms with van der Waals surface area (Å²) < 4.78 is 6.02. The highest BCUT2D eigenvalue weighted by atomic mass is 35.5. The van der Waals surface area contributed by atoms with Crippen molar-refractivity contribution in [3.8, 4) is 0 Å². The van der Waals surface area contributed by atoms with E-state index in [0.717, 1.165) is 18.8 Å². The maximum atomic E-state index is 12.4. The zero-order chi connectivity index (χ0) is 19.8. The first kappa shape index (κ1) is 19.2. The lowest BCUT2D eigenvalue weighted by molar-refractivity contribution is 0.0920. The number of nitrogens with one attached hydrogen (secondary N) is 1. The Balaban J connectivity index is 1.41. The predicted octanol–water partition coefficient (Wildman–Crippen LogP) is 3.71. The number of carbonyl (C=O) groups excluding carboxylic acids is 2. The molecule has 1 saturated heterocycles. The van der Waals surface area contributed by atoms with Crippen LogP contribution < -0.4 is 10.2 Å². The Morgan fingerprint density at radius 2 is 2.14 bits per heavy atom. The van der Waals surface area contributed by atoms with E-state index in [1.54, 1.807) is 17.0 Å². The molecule has 1 aromatic carbocycles. The molecule has 2 amide bonds. The lowest BCUT2D eigenvalue weighted by atomic mass is 9.91. The van der Waals surface area contributed by atoms with Crippen LogP contribution in [0.1, 0.15) is 33.6 Å². The zero-order valence-electron chi connectivity index (χ0n) is 15.8. The molecule has 2 atom stereocenters. The van der Waals surface area contributed by atoms with Crippen LogP contribution in [-0.4, -0.2) is 49.7 Å². The van der Waals surface area contributed by atoms with Gasteiger partial charge in [-0.3, -0.25) is 9.69 Å². The molecule has 0 saturated carbocycles. The van der Waals surface area contributed by atoms with Crippen LogP contribution in [0.4, 0.5) is 10.5 Å². The molecule has 0 spiro atoms. The van der Waals surface area contributed by atoms with Crippen LogP contribution in [-0.2, 0) is 11.3 Å². The minimum Gasteiger partial charge on any atom is -0.442 e. The molecule has 2 aliphatic heterocycles. The summed E-state index contributed by atoms with van der Waals surface area (Å²) in [7, 11) is 2.12. The second-order valence-corrected chi connectivity index (χ2v) is 9.13. The summed E-state index contributed by atoms with van der Waals surface area (Å²) in [4.78, 5) is 29.0. The minimum absolute atomic E-state index is 0.210. The number of anilines is 1. The van der Waals surface area contributed by atoms with Gasteiger partial charge in [-0.15, -0.1) is 11.3 Å². The number of hydrogen-bond acceptors (Lipinski definition) is 5. The van der Waals surface area contributed by atoms with Crippen molar-refractivity contribution in [1.29, 1.82) is 0 Å². The van der Waals surface area contributed by atoms with Gasteiger partial charge in [0.1, 0.15) is 6.10 Å². The van der Waals surface area contributed by atoms with Crippen LogP contribution in [0, 0.1) is 0 Å². The number of halogens is 1. The van der Waals surface area contributed by atoms with Gasteiger partial charge in [0.2, 0.25) is 0 Å². The first-order valence-electron chi connectivity index (χ1n) is 9.24. The summed E-state index contributed by atoms with van der Waals surface area (Å²) in [5.41, 5.74) is 3.43. The highest BCUT2D eigenvalue weighted by Gasteiger charge is 2.33. The zero-order valence-corrected chi connectivity index (χ0v) is 17.3. The van der Waals surface area contributed by atoms with Crippen molar-refractivity contribution in [2.45, 2.75) is 25.5 Å². The Labute approximate surface area is 173 Å². The lowest BCUT2D eigenvalue weighted by Gasteiger charge is -2.31. The highest BCUT2D eigenvalue weighted by Crippen LogP contribution is 2.32. The van der Waals surface area contributed by atoms with Crippen molar-refractivity contribution in [2.75, 3.05) is 31.6 Å². The summed E-state index contributed by atoms with van der Waals surface area (Å²) in [5.74, 6) is 0.207. The fourth-order valence-electron chi connectivity index (χ4n) is 3.84. The number of rotatable bonds is 4. The maximum Gasteiger partial charge on any atom is 0.414 e. The van der Waals surface area contributed by atoms with E-state index in [1.807, 2.05) is 6.07 Å². The molecule has 0 bridgehead atoms. The van der Waals surface area contributed by atoms with Gasteiger partial charge in [0, 0.05) is 18.8 Å². The molecule has 0 aliphatic carbocycles. The first-order chi connectivity index (χ1) is 13.4. The van der Waals surface area contributed by atoms with Gasteiger partial charge in [-0.1, -0.05) is 24.6 Å². The van der Waals surface area contributed by atoms with Crippen LogP contribution in [0.2, 0.25) is 4.34 Å². The molecule has 1 aromatic heterocycles. The number of ether oxygens (including phenoxy) is 1. The molecule has 2 unspecified atom stereocenters. The average molecular weight is 420 g/mol. The largest absolute Gasteiger partial charge is 0.442 e. The van der Waals surface area contributed by atoms with Gasteiger partial charge in [-0.25, -0.2) is 4.79 Å². The van der Waals surface area contributed by atoms with Crippen LogP contribution in [0.15, 0.2) is 30.3 Å². The second kappa shape index (κ2) is 7.73. The number of nitrogens with zero attached hydrogens (tertiary/aromatic N) is 2. The van der Waals surface area contributed by atoms with E-state index in [9.17, 15) is 9.59 Å². The monoisotopic (exact) mass is 419 g/mol. The SMILES string of the molecule is CC1CN(C)Cc2ccc(N3CC(CNC(=O)c4ccc(Cl)s4)OC3=O)cc21. The smallest absolute Gasteiger partial charge is 0.414 e. The van der Waals surface area contributed by atoms with Crippen molar-refractivity contribution in [2.24, 2.45) is 0 Å². The van der Waals surface area contributed by atoms with Gasteiger partial charge >= 0.3 is 6.09 Å². The summed E-state index contributed by atoms with van der Waals surface area (Å²) in [6.45, 7) is 4.81. The molecule has 1 fully saturated rings. The van der Waals surface area contributed by atoms with Crippen molar-refractivity contribution >= 4 is 40.6 Å². The van der Waals surface area contributed by atoms with Crippen molar-refractivity contribution in [3.63, 3.8) is 0 Å². The fraction of sp³-hybridized carbons (Fsp3) is 0.400. The summed E-state index contributed by atoms with van der Waals surface area (Å²) in [5, 5.41) is 2.81. The van der Waals surface area contributed by atoms with E-state index < -0.39 is 0 Å². The molecular weight excluding hydrogens is 398 g/mol. The van der Waals surface area contributed by atoms with Crippen LogP contribution >= 0.6 is 22.9 Å². The third kappa shape index (κ3) is 3.87. The van der Waals surface area contributed by atoms with E-state index in [2.05, 4.69) is 36.3 Å². The first-order valence-corrected chi connectivity index (χ1v) is 10.4. The number of fused-ring (bicyclic) bond motifs is 1. The Bertz CT molecular complexity index is 916. The van der Waals surface area contributed by atoms with Crippen LogP contribution in [0.3, 0.4) is 0 Å². The lowest BCUT2D eigenvalue weighted by Crippen LogP contribution is -2.34. The van der Waals surface area contributed by atoms with E-state index in [4.69, 9.17) is 16.3 Å². The summed E-state index contributed by atoms with van der Waals surface area (Å²) >= 11 is 7.09. The average Bonchev–Trinajstić information content (AvgIpc) is 3.25. The molecule has 0 radical (unpaired) electrons. The Morgan fingerprint density at radius 3 is 2.89 bits per heavy atom. The number of likely N-dealkylation sites (N-methyl/N-ethyl adjacent to an activating group) is 1. The molecule has 28 heavy (non-hydrogen) atoms. The number of hydrogen-bond donors (Lipinski definition) is 1. The minimum atomic E-state index is -0.383. The van der Waals surface area contributed by atoms with Crippen molar-refractivity contribution in [3.05, 3.63) is 50.7 Å². The van der Waals surface area contributed by atoms with Crippen LogP contribution in [0.25, 0.3) is 0 Å². The summed E-state index contributed by atoms with van der Waals surface area (Å²) in [6, 6.07) is 9.54. The van der Waals surface area contributed by atoms with Gasteiger partial charge < -0.3 is 15.0 Å². The highest BCUT2D eigenvalue weighted by molar-refractivity contribution is 7.17. The van der Waals surface area contributed by atoms with E-state index in [-0.39, 0.29) is 24.6 Å². The molecule has 4 rings (SSSR count). The number of amides is 2. The van der Waals surface area contributed by atoms with E-state index in [0.29, 0.717) is 21.7 Å². The summed E-state index contributed by atoms with van der Waals surface area (Å²) in [6.07, 6.45) is -0.759. The van der Waals surface area contributed by atoms with Crippen LogP contribution in [0.5, 0.6) is 0 Å². The quantitative estimate of drug-likeness (QED) is 0.820. The third-order valence-corrected chi connectivity index (χ3v) is 6.39. The molecule has 6 nitrogen and oxygen atoms in total. The maximum absolute atomic E-state index is 12.4. The topological polar surface area (TPSA) is 61.9 Å².